The van der Waals surface area contributed by atoms with Gasteiger partial charge in [0.15, 0.2) is 0 Å². The third-order valence-corrected chi connectivity index (χ3v) is 1.88. The van der Waals surface area contributed by atoms with Crippen molar-refractivity contribution in [2.24, 2.45) is 0 Å². The fourth-order valence-corrected chi connectivity index (χ4v) is 0.898. The topological polar surface area (TPSA) is 0 Å². The Hall–Kier alpha value is -0.0917. The number of benzene rings is 1. The molecular formula is C12H20W. The van der Waals surface area contributed by atoms with Crippen molar-refractivity contribution in [2.45, 2.75) is 41.0 Å². The minimum absolute atomic E-state index is 0. The van der Waals surface area contributed by atoms with Crippen LogP contribution in [0.5, 0.6) is 0 Å². The zero-order valence-corrected chi connectivity index (χ0v) is 12.3. The van der Waals surface area contributed by atoms with Crippen molar-refractivity contribution < 1.29 is 21.1 Å². The van der Waals surface area contributed by atoms with Gasteiger partial charge in [0.1, 0.15) is 0 Å². The maximum absolute atomic E-state index is 2.16. The summed E-state index contributed by atoms with van der Waals surface area (Å²) in [5.41, 5.74) is 4.18. The molecule has 0 saturated heterocycles. The van der Waals surface area contributed by atoms with E-state index in [1.807, 2.05) is 0 Å². The maximum Gasteiger partial charge on any atom is 0 e. The molecule has 0 bridgehead atoms. The molecule has 0 saturated carbocycles. The molecule has 1 heteroatoms. The molecule has 0 N–H and O–H groups in total. The molecule has 0 atom stereocenters. The molecule has 0 aliphatic carbocycles. The summed E-state index contributed by atoms with van der Waals surface area (Å²) in [6, 6.07) is 6.38. The second-order valence-corrected chi connectivity index (χ2v) is 3.22. The van der Waals surface area contributed by atoms with Gasteiger partial charge >= 0.3 is 0 Å². The van der Waals surface area contributed by atoms with Crippen LogP contribution in [0.4, 0.5) is 0 Å². The average molecular weight is 348 g/mol. The fraction of sp³-hybridized carbons (Fsp3) is 0.500. The van der Waals surface area contributed by atoms with Gasteiger partial charge in [0.05, 0.1) is 0 Å². The van der Waals surface area contributed by atoms with E-state index in [4.69, 9.17) is 0 Å². The van der Waals surface area contributed by atoms with E-state index < -0.39 is 0 Å². The summed E-state index contributed by atoms with van der Waals surface area (Å²) in [7, 11) is 0. The predicted molar refractivity (Wildman–Crippen MR) is 56.6 cm³/mol. The molecule has 0 aromatic heterocycles. The Morgan fingerprint density at radius 3 is 1.46 bits per heavy atom. The maximum atomic E-state index is 2.16. The zero-order chi connectivity index (χ0) is 9.56. The molecule has 1 aromatic carbocycles. The molecule has 0 radical (unpaired) electrons. The molecule has 0 amide bonds. The van der Waals surface area contributed by atoms with Crippen LogP contribution in [0.2, 0.25) is 0 Å². The van der Waals surface area contributed by atoms with Crippen molar-refractivity contribution in [3.05, 3.63) is 34.9 Å². The number of hydrogen-bond donors (Lipinski definition) is 0. The molecule has 0 unspecified atom stereocenters. The molecular weight excluding hydrogens is 328 g/mol. The molecule has 0 aliphatic rings. The van der Waals surface area contributed by atoms with Gasteiger partial charge in [-0.3, -0.25) is 0 Å². The van der Waals surface area contributed by atoms with Gasteiger partial charge in [-0.15, -0.1) is 0 Å². The Labute approximate surface area is 97.0 Å². The normalized spacial score (nSPS) is 8.08. The van der Waals surface area contributed by atoms with Crippen LogP contribution >= 0.6 is 0 Å². The summed E-state index contributed by atoms with van der Waals surface area (Å²) in [6.45, 7) is 10.7. The van der Waals surface area contributed by atoms with Crippen LogP contribution in [0.15, 0.2) is 18.2 Å². The van der Waals surface area contributed by atoms with Crippen molar-refractivity contribution in [3.63, 3.8) is 0 Å². The van der Waals surface area contributed by atoms with Crippen LogP contribution in [0.25, 0.3) is 0 Å². The van der Waals surface area contributed by atoms with Crippen LogP contribution in [-0.2, 0) is 21.1 Å². The Morgan fingerprint density at radius 1 is 0.923 bits per heavy atom. The first kappa shape index (κ1) is 15.4. The Bertz CT molecular complexity index is 208. The smallest absolute Gasteiger partial charge is 0 e. The van der Waals surface area contributed by atoms with Crippen molar-refractivity contribution >= 4 is 0 Å². The number of rotatable bonds is 0. The predicted octanol–water partition coefficient (Wildman–Crippen LogP) is 4.03. The molecule has 1 aromatic rings. The SMILES string of the molecule is CCC.Cc1cccc(C)c1C.[W]. The van der Waals surface area contributed by atoms with Gasteiger partial charge in [0, 0.05) is 21.1 Å². The van der Waals surface area contributed by atoms with E-state index >= 15 is 0 Å². The van der Waals surface area contributed by atoms with Gasteiger partial charge in [-0.25, -0.2) is 0 Å². The zero-order valence-electron chi connectivity index (χ0n) is 9.35. The molecule has 0 heterocycles. The summed E-state index contributed by atoms with van der Waals surface area (Å²) in [4.78, 5) is 0. The van der Waals surface area contributed by atoms with Crippen LogP contribution in [0.3, 0.4) is 0 Å². The quantitative estimate of drug-likeness (QED) is 0.664. The number of hydrogen-bond acceptors (Lipinski definition) is 0. The molecule has 13 heavy (non-hydrogen) atoms. The monoisotopic (exact) mass is 348 g/mol. The van der Waals surface area contributed by atoms with Gasteiger partial charge < -0.3 is 0 Å². The third kappa shape index (κ3) is 6.04. The first-order valence-corrected chi connectivity index (χ1v) is 4.66. The Kier molecular flexibility index (Phi) is 10.1. The first-order valence-electron chi connectivity index (χ1n) is 4.66. The molecule has 74 valence electrons. The van der Waals surface area contributed by atoms with E-state index in [0.29, 0.717) is 0 Å². The van der Waals surface area contributed by atoms with Crippen molar-refractivity contribution in [3.8, 4) is 0 Å². The van der Waals surface area contributed by atoms with Crippen LogP contribution in [0, 0.1) is 20.8 Å². The van der Waals surface area contributed by atoms with Crippen LogP contribution in [-0.4, -0.2) is 0 Å². The summed E-state index contributed by atoms with van der Waals surface area (Å²) in [6.07, 6.45) is 1.25. The second kappa shape index (κ2) is 8.50. The standard InChI is InChI=1S/C9H12.C3H8.W/c1-7-5-4-6-8(2)9(7)3;1-3-2;/h4-6H,1-3H3;3H2,1-2H3;. The van der Waals surface area contributed by atoms with E-state index in [2.05, 4.69) is 52.8 Å². The molecule has 0 fully saturated rings. The van der Waals surface area contributed by atoms with Crippen molar-refractivity contribution in [2.75, 3.05) is 0 Å². The summed E-state index contributed by atoms with van der Waals surface area (Å²) in [5.74, 6) is 0. The summed E-state index contributed by atoms with van der Waals surface area (Å²) in [5, 5.41) is 0. The Morgan fingerprint density at radius 2 is 1.23 bits per heavy atom. The van der Waals surface area contributed by atoms with Crippen LogP contribution in [0.1, 0.15) is 37.0 Å². The van der Waals surface area contributed by atoms with Gasteiger partial charge in [-0.1, -0.05) is 38.5 Å². The van der Waals surface area contributed by atoms with Crippen molar-refractivity contribution in [1.82, 2.24) is 0 Å². The molecule has 0 aliphatic heterocycles. The van der Waals surface area contributed by atoms with Crippen molar-refractivity contribution in [1.29, 1.82) is 0 Å². The van der Waals surface area contributed by atoms with Gasteiger partial charge in [-0.2, -0.15) is 0 Å². The molecule has 1 rings (SSSR count). The minimum Gasteiger partial charge on any atom is -0.0656 e. The van der Waals surface area contributed by atoms with E-state index in [1.165, 1.54) is 23.1 Å². The molecule has 0 nitrogen and oxygen atoms in total. The first-order chi connectivity index (χ1) is 5.63. The average Bonchev–Trinajstić information content (AvgIpc) is 2.02. The number of aryl methyl sites for hydroxylation is 2. The summed E-state index contributed by atoms with van der Waals surface area (Å²) < 4.78 is 0. The van der Waals surface area contributed by atoms with E-state index in [1.54, 1.807) is 0 Å². The molecule has 0 spiro atoms. The Balaban J connectivity index is 0. The van der Waals surface area contributed by atoms with E-state index in [0.717, 1.165) is 0 Å². The van der Waals surface area contributed by atoms with Crippen LogP contribution < -0.4 is 0 Å². The third-order valence-electron chi connectivity index (χ3n) is 1.88. The van der Waals surface area contributed by atoms with E-state index in [9.17, 15) is 0 Å². The summed E-state index contributed by atoms with van der Waals surface area (Å²) >= 11 is 0. The minimum atomic E-state index is 0. The fourth-order valence-electron chi connectivity index (χ4n) is 0.898. The van der Waals surface area contributed by atoms with Gasteiger partial charge in [0.25, 0.3) is 0 Å². The van der Waals surface area contributed by atoms with Gasteiger partial charge in [-0.05, 0) is 37.5 Å². The van der Waals surface area contributed by atoms with Gasteiger partial charge in [0.2, 0.25) is 0 Å². The largest absolute Gasteiger partial charge is 0.0656 e. The second-order valence-electron chi connectivity index (χ2n) is 3.22. The van der Waals surface area contributed by atoms with E-state index in [-0.39, 0.29) is 21.1 Å².